The Hall–Kier alpha value is -4.33. The van der Waals surface area contributed by atoms with Crippen molar-refractivity contribution >= 4 is 29.2 Å². The molecule has 17 nitrogen and oxygen atoms in total. The molecule has 0 aromatic carbocycles. The maximum atomic E-state index is 14.6. The number of rotatable bonds is 12. The van der Waals surface area contributed by atoms with E-state index in [0.717, 1.165) is 18.4 Å². The first-order chi connectivity index (χ1) is 35.8. The standard InChI is InChI=1S/C58H87N3O14/c1-36-16-12-11-13-17-37(2)49(73-35-44-34-59-23-24-60-44)32-45-21-19-42(7)58(68,75-45)55(65)56(66)61-25-15-14-18-46(61)57(67)74-50(39(4)30-43-20-22-48(51(31-43)70-9)72-27-26-69-8)33-47(62)38(3)29-41(6)53(64)54(71-10)52(63)40(5)28-36/h11-13,16-17,23-24,29,34,36,38-40,42-43,45-46,48-51,53-54,64,68H,14-15,18-22,25-28,30-33,35H2,1-10H3/t36-,38-,39-,40-,42-,43+,45+,46+,48-,49?,50+,51-,53-,54+,58-/m1/s1. The van der Waals surface area contributed by atoms with Gasteiger partial charge in [-0.2, -0.15) is 0 Å². The second-order valence-corrected chi connectivity index (χ2v) is 21.7. The van der Waals surface area contributed by atoms with Crippen molar-refractivity contribution in [3.05, 3.63) is 71.9 Å². The predicted molar refractivity (Wildman–Crippen MR) is 281 cm³/mol. The lowest BCUT2D eigenvalue weighted by Crippen LogP contribution is -2.61. The number of aromatic nitrogens is 2. The Morgan fingerprint density at radius 1 is 0.853 bits per heavy atom. The minimum absolute atomic E-state index is 0.0115. The van der Waals surface area contributed by atoms with Crippen molar-refractivity contribution in [2.24, 2.45) is 35.5 Å². The number of allylic oxidation sites excluding steroid dienone is 6. The number of hydrogen-bond donors (Lipinski definition) is 2. The van der Waals surface area contributed by atoms with E-state index in [1.54, 1.807) is 59.7 Å². The Morgan fingerprint density at radius 2 is 1.63 bits per heavy atom. The van der Waals surface area contributed by atoms with Crippen LogP contribution in [0, 0.1) is 35.5 Å². The Morgan fingerprint density at radius 3 is 2.33 bits per heavy atom. The third kappa shape index (κ3) is 17.3. The molecular formula is C58H87N3O14. The number of nitrogens with zero attached hydrogens (tertiary/aromatic N) is 3. The van der Waals surface area contributed by atoms with E-state index in [-0.39, 0.29) is 73.9 Å². The molecule has 15 atom stereocenters. The van der Waals surface area contributed by atoms with Gasteiger partial charge in [-0.3, -0.25) is 29.1 Å². The normalized spacial score (nSPS) is 34.3. The molecule has 5 rings (SSSR count). The van der Waals surface area contributed by atoms with Crippen molar-refractivity contribution in [3.8, 4) is 0 Å². The molecular weight excluding hydrogens is 963 g/mol. The lowest BCUT2D eigenvalue weighted by molar-refractivity contribution is -0.266. The monoisotopic (exact) mass is 1050 g/mol. The summed E-state index contributed by atoms with van der Waals surface area (Å²) in [6.45, 7) is 13.8. The van der Waals surface area contributed by atoms with E-state index in [1.807, 2.05) is 58.1 Å². The van der Waals surface area contributed by atoms with Gasteiger partial charge in [0.05, 0.1) is 56.1 Å². The minimum Gasteiger partial charge on any atom is -0.460 e. The number of methoxy groups -OCH3 is 3. The fourth-order valence-corrected chi connectivity index (χ4v) is 11.1. The summed E-state index contributed by atoms with van der Waals surface area (Å²) in [5, 5.41) is 23.8. The average molecular weight is 1050 g/mol. The summed E-state index contributed by atoms with van der Waals surface area (Å²) in [7, 11) is 4.67. The highest BCUT2D eigenvalue weighted by Crippen LogP contribution is 2.38. The predicted octanol–water partition coefficient (Wildman–Crippen LogP) is 7.21. The van der Waals surface area contributed by atoms with Gasteiger partial charge < -0.3 is 48.3 Å². The summed E-state index contributed by atoms with van der Waals surface area (Å²) < 4.78 is 41.9. The third-order valence-electron chi connectivity index (χ3n) is 15.8. The van der Waals surface area contributed by atoms with Crippen LogP contribution in [-0.2, 0) is 63.7 Å². The first kappa shape index (κ1) is 61.5. The summed E-state index contributed by atoms with van der Waals surface area (Å²) in [5.41, 5.74) is 1.82. The fraction of sp³-hybridized carbons (Fsp3) is 0.707. The van der Waals surface area contributed by atoms with Crippen molar-refractivity contribution in [2.45, 2.75) is 187 Å². The number of fused-ring (bicyclic) bond motifs is 3. The largest absolute Gasteiger partial charge is 0.460 e. The molecule has 1 aromatic rings. The molecule has 1 aromatic heterocycles. The Kier molecular flexibility index (Phi) is 24.6. The van der Waals surface area contributed by atoms with Crippen LogP contribution in [0.15, 0.2) is 66.2 Å². The quantitative estimate of drug-likeness (QED) is 0.0914. The maximum Gasteiger partial charge on any atom is 0.329 e. The number of aliphatic hydroxyl groups excluding tert-OH is 1. The lowest BCUT2D eigenvalue weighted by Gasteiger charge is -2.43. The molecule has 0 spiro atoms. The average Bonchev–Trinajstić information content (AvgIpc) is 3.40. The van der Waals surface area contributed by atoms with E-state index in [9.17, 15) is 34.2 Å². The molecule has 418 valence electrons. The van der Waals surface area contributed by atoms with Crippen LogP contribution in [0.4, 0.5) is 0 Å². The number of aliphatic hydroxyl groups is 2. The number of cyclic esters (lactones) is 1. The molecule has 2 saturated heterocycles. The Labute approximate surface area is 445 Å². The van der Waals surface area contributed by atoms with Crippen LogP contribution in [0.3, 0.4) is 0 Å². The van der Waals surface area contributed by atoms with Crippen LogP contribution >= 0.6 is 0 Å². The second-order valence-electron chi connectivity index (χ2n) is 21.7. The molecule has 2 N–H and O–H groups in total. The number of ketones is 3. The van der Waals surface area contributed by atoms with E-state index >= 15 is 0 Å². The van der Waals surface area contributed by atoms with Gasteiger partial charge in [-0.1, -0.05) is 71.1 Å². The van der Waals surface area contributed by atoms with Crippen molar-refractivity contribution in [3.63, 3.8) is 0 Å². The number of Topliss-reactive ketones (excluding diaryl/α,β-unsaturated/α-hetero) is 3. The zero-order valence-corrected chi connectivity index (χ0v) is 46.2. The van der Waals surface area contributed by atoms with Crippen molar-refractivity contribution in [1.82, 2.24) is 14.9 Å². The van der Waals surface area contributed by atoms with Crippen LogP contribution in [0.1, 0.15) is 131 Å². The van der Waals surface area contributed by atoms with Gasteiger partial charge in [0.2, 0.25) is 5.79 Å². The third-order valence-corrected chi connectivity index (χ3v) is 15.8. The molecule has 3 aliphatic heterocycles. The number of piperidine rings is 1. The van der Waals surface area contributed by atoms with Gasteiger partial charge in [0, 0.05) is 70.9 Å². The minimum atomic E-state index is -2.49. The van der Waals surface area contributed by atoms with Crippen LogP contribution in [0.2, 0.25) is 0 Å². The molecule has 2 bridgehead atoms. The number of amides is 1. The summed E-state index contributed by atoms with van der Waals surface area (Å²) in [6.07, 6.45) is 16.6. The van der Waals surface area contributed by atoms with E-state index in [2.05, 4.69) is 9.97 Å². The number of ether oxygens (including phenoxy) is 7. The Balaban J connectivity index is 1.48. The van der Waals surface area contributed by atoms with Crippen LogP contribution in [-0.4, -0.2) is 150 Å². The summed E-state index contributed by atoms with van der Waals surface area (Å²) >= 11 is 0. The molecule has 75 heavy (non-hydrogen) atoms. The number of carbonyl (C=O) groups is 5. The summed E-state index contributed by atoms with van der Waals surface area (Å²) in [6, 6.07) is -1.16. The van der Waals surface area contributed by atoms with Gasteiger partial charge in [0.1, 0.15) is 30.1 Å². The molecule has 1 unspecified atom stereocenters. The fourth-order valence-electron chi connectivity index (χ4n) is 11.1. The molecule has 0 radical (unpaired) electrons. The molecule has 1 aliphatic carbocycles. The van der Waals surface area contributed by atoms with Gasteiger partial charge in [-0.15, -0.1) is 0 Å². The van der Waals surface area contributed by atoms with Gasteiger partial charge in [-0.05, 0) is 107 Å². The second kappa shape index (κ2) is 30.0. The zero-order chi connectivity index (χ0) is 54.8. The maximum absolute atomic E-state index is 14.6. The highest BCUT2D eigenvalue weighted by atomic mass is 16.6. The number of carbonyl (C=O) groups excluding carboxylic acids is 5. The molecule has 17 heteroatoms. The van der Waals surface area contributed by atoms with Gasteiger partial charge in [0.25, 0.3) is 11.7 Å². The first-order valence-corrected chi connectivity index (χ1v) is 27.2. The van der Waals surface area contributed by atoms with E-state index in [0.29, 0.717) is 69.4 Å². The van der Waals surface area contributed by atoms with Crippen LogP contribution < -0.4 is 0 Å². The van der Waals surface area contributed by atoms with Crippen LogP contribution in [0.25, 0.3) is 0 Å². The van der Waals surface area contributed by atoms with E-state index in [1.165, 1.54) is 12.0 Å². The summed E-state index contributed by atoms with van der Waals surface area (Å²) in [5.74, 6) is -8.11. The van der Waals surface area contributed by atoms with E-state index in [4.69, 9.17) is 33.2 Å². The molecule has 3 fully saturated rings. The first-order valence-electron chi connectivity index (χ1n) is 27.2. The summed E-state index contributed by atoms with van der Waals surface area (Å²) in [4.78, 5) is 81.5. The lowest BCUT2D eigenvalue weighted by atomic mass is 9.78. The zero-order valence-electron chi connectivity index (χ0n) is 46.2. The number of hydrogen-bond acceptors (Lipinski definition) is 16. The van der Waals surface area contributed by atoms with Crippen LogP contribution in [0.5, 0.6) is 0 Å². The molecule has 1 amide bonds. The van der Waals surface area contributed by atoms with Crippen molar-refractivity contribution in [2.75, 3.05) is 41.1 Å². The SMILES string of the molecule is COCCO[C@@H]1CC[C@@H](C[C@@H](C)[C@@H]2CC(=O)[C@H](C)C=C(C)[C@@H](O)[C@@H](OC)C(=O)[C@H](C)C[C@H](C)C=CC=CC=C(C)C(OCc3cnccn3)C[C@@H]3CC[C@@H](C)[C@@](O)(O3)C(=O)C(=O)N3CCCC[C@H]3C(=O)O2)C[C@H]1OC. The highest BCUT2D eigenvalue weighted by molar-refractivity contribution is 6.39. The topological polar surface area (TPSA) is 219 Å². The number of esters is 1. The van der Waals surface area contributed by atoms with Crippen molar-refractivity contribution in [1.29, 1.82) is 0 Å². The van der Waals surface area contributed by atoms with Crippen molar-refractivity contribution < 1.29 is 67.3 Å². The smallest absolute Gasteiger partial charge is 0.329 e. The van der Waals surface area contributed by atoms with Gasteiger partial charge in [-0.25, -0.2) is 4.79 Å². The highest BCUT2D eigenvalue weighted by Gasteiger charge is 2.53. The molecule has 4 aliphatic rings. The van der Waals surface area contributed by atoms with Gasteiger partial charge in [0.15, 0.2) is 5.78 Å². The van der Waals surface area contributed by atoms with E-state index < -0.39 is 77.8 Å². The molecule has 4 heterocycles. The van der Waals surface area contributed by atoms with Gasteiger partial charge >= 0.3 is 5.97 Å². The Bertz CT molecular complexity index is 2150. The molecule has 1 saturated carbocycles.